The number of anilines is 1. The Balaban J connectivity index is 2.21. The summed E-state index contributed by atoms with van der Waals surface area (Å²) >= 11 is 0. The highest BCUT2D eigenvalue weighted by atomic mass is 15.2. The van der Waals surface area contributed by atoms with Crippen molar-refractivity contribution in [2.24, 2.45) is 11.7 Å². The third-order valence-corrected chi connectivity index (χ3v) is 4.11. The normalized spacial score (nSPS) is 23.9. The van der Waals surface area contributed by atoms with E-state index in [4.69, 9.17) is 5.73 Å². The maximum Gasteiger partial charge on any atom is 0.128 e. The second-order valence-corrected chi connectivity index (χ2v) is 5.32. The molecule has 100 valence electrons. The highest BCUT2D eigenvalue weighted by molar-refractivity contribution is 5.42. The van der Waals surface area contributed by atoms with E-state index in [1.165, 1.54) is 31.2 Å². The van der Waals surface area contributed by atoms with Gasteiger partial charge in [0.15, 0.2) is 0 Å². The molecule has 2 rings (SSSR count). The minimum atomic E-state index is 0.572. The summed E-state index contributed by atoms with van der Waals surface area (Å²) in [6, 6.07) is 4.81. The van der Waals surface area contributed by atoms with Crippen molar-refractivity contribution in [1.29, 1.82) is 0 Å². The number of nitrogens with two attached hydrogens (primary N) is 1. The van der Waals surface area contributed by atoms with Gasteiger partial charge in [-0.25, -0.2) is 4.98 Å². The molecule has 18 heavy (non-hydrogen) atoms. The van der Waals surface area contributed by atoms with E-state index >= 15 is 0 Å². The minimum Gasteiger partial charge on any atom is -0.354 e. The lowest BCUT2D eigenvalue weighted by Gasteiger charge is -2.40. The van der Waals surface area contributed by atoms with Crippen LogP contribution in [-0.4, -0.2) is 24.1 Å². The van der Waals surface area contributed by atoms with Crippen LogP contribution in [0.15, 0.2) is 18.3 Å². The van der Waals surface area contributed by atoms with Crippen LogP contribution < -0.4 is 10.6 Å². The molecule has 1 aromatic rings. The molecule has 0 aromatic carbocycles. The smallest absolute Gasteiger partial charge is 0.128 e. The molecule has 0 saturated heterocycles. The summed E-state index contributed by atoms with van der Waals surface area (Å²) in [5, 5.41) is 0. The number of aryl methyl sites for hydroxylation is 1. The average molecular weight is 247 g/mol. The van der Waals surface area contributed by atoms with Gasteiger partial charge in [-0.15, -0.1) is 0 Å². The van der Waals surface area contributed by atoms with Gasteiger partial charge in [-0.2, -0.15) is 0 Å². The first kappa shape index (κ1) is 13.3. The second-order valence-electron chi connectivity index (χ2n) is 5.32. The molecule has 3 heteroatoms. The quantitative estimate of drug-likeness (QED) is 0.889. The van der Waals surface area contributed by atoms with Crippen LogP contribution in [0, 0.1) is 12.8 Å². The van der Waals surface area contributed by atoms with Crippen LogP contribution in [-0.2, 0) is 0 Å². The molecule has 2 unspecified atom stereocenters. The maximum atomic E-state index is 5.95. The first-order chi connectivity index (χ1) is 8.76. The molecule has 1 aliphatic carbocycles. The van der Waals surface area contributed by atoms with Crippen LogP contribution >= 0.6 is 0 Å². The van der Waals surface area contributed by atoms with Crippen molar-refractivity contribution < 1.29 is 0 Å². The molecule has 2 N–H and O–H groups in total. The Morgan fingerprint density at radius 3 is 2.83 bits per heavy atom. The third kappa shape index (κ3) is 2.83. The summed E-state index contributed by atoms with van der Waals surface area (Å²) in [4.78, 5) is 6.99. The third-order valence-electron chi connectivity index (χ3n) is 4.11. The van der Waals surface area contributed by atoms with Crippen molar-refractivity contribution in [2.45, 2.75) is 45.6 Å². The minimum absolute atomic E-state index is 0.572. The van der Waals surface area contributed by atoms with Gasteiger partial charge in [-0.05, 0) is 56.8 Å². The van der Waals surface area contributed by atoms with E-state index in [0.717, 1.165) is 18.9 Å². The predicted molar refractivity (Wildman–Crippen MR) is 76.8 cm³/mol. The van der Waals surface area contributed by atoms with Gasteiger partial charge in [-0.1, -0.05) is 12.8 Å². The van der Waals surface area contributed by atoms with E-state index in [1.807, 2.05) is 6.20 Å². The van der Waals surface area contributed by atoms with Crippen LogP contribution in [0.1, 0.15) is 38.2 Å². The van der Waals surface area contributed by atoms with E-state index in [9.17, 15) is 0 Å². The molecule has 0 aliphatic heterocycles. The van der Waals surface area contributed by atoms with Crippen LogP contribution in [0.5, 0.6) is 0 Å². The summed E-state index contributed by atoms with van der Waals surface area (Å²) in [5.74, 6) is 1.74. The predicted octanol–water partition coefficient (Wildman–Crippen LogP) is 2.73. The first-order valence-electron chi connectivity index (χ1n) is 7.15. The monoisotopic (exact) mass is 247 g/mol. The molecule has 0 amide bonds. The number of rotatable bonds is 4. The summed E-state index contributed by atoms with van der Waals surface area (Å²) in [7, 11) is 0. The van der Waals surface area contributed by atoms with Gasteiger partial charge in [0, 0.05) is 18.8 Å². The SMILES string of the molecule is CCN(c1cc(C)ccn1)C1CCCCC1CN. The zero-order valence-electron chi connectivity index (χ0n) is 11.6. The number of pyridine rings is 1. The number of hydrogen-bond acceptors (Lipinski definition) is 3. The van der Waals surface area contributed by atoms with Crippen LogP contribution in [0.2, 0.25) is 0 Å². The molecule has 1 saturated carbocycles. The van der Waals surface area contributed by atoms with E-state index in [0.29, 0.717) is 12.0 Å². The number of aromatic nitrogens is 1. The highest BCUT2D eigenvalue weighted by Crippen LogP contribution is 2.30. The van der Waals surface area contributed by atoms with E-state index in [2.05, 4.69) is 35.9 Å². The van der Waals surface area contributed by atoms with Crippen LogP contribution in [0.25, 0.3) is 0 Å². The molecule has 0 spiro atoms. The van der Waals surface area contributed by atoms with Gasteiger partial charge in [0.2, 0.25) is 0 Å². The topological polar surface area (TPSA) is 42.2 Å². The van der Waals surface area contributed by atoms with Crippen molar-refractivity contribution in [3.63, 3.8) is 0 Å². The van der Waals surface area contributed by atoms with Crippen LogP contribution in [0.3, 0.4) is 0 Å². The summed E-state index contributed by atoms with van der Waals surface area (Å²) in [5.41, 5.74) is 7.22. The van der Waals surface area contributed by atoms with Crippen molar-refractivity contribution in [3.8, 4) is 0 Å². The molecular weight excluding hydrogens is 222 g/mol. The molecule has 0 radical (unpaired) electrons. The van der Waals surface area contributed by atoms with Gasteiger partial charge >= 0.3 is 0 Å². The summed E-state index contributed by atoms with van der Waals surface area (Å²) in [6.07, 6.45) is 7.09. The zero-order chi connectivity index (χ0) is 13.0. The van der Waals surface area contributed by atoms with Gasteiger partial charge < -0.3 is 10.6 Å². The van der Waals surface area contributed by atoms with Crippen molar-refractivity contribution in [3.05, 3.63) is 23.9 Å². The van der Waals surface area contributed by atoms with Crippen LogP contribution in [0.4, 0.5) is 5.82 Å². The molecule has 1 aliphatic rings. The fraction of sp³-hybridized carbons (Fsp3) is 0.667. The van der Waals surface area contributed by atoms with Crippen molar-refractivity contribution in [1.82, 2.24) is 4.98 Å². The lowest BCUT2D eigenvalue weighted by Crippen LogP contribution is -2.45. The van der Waals surface area contributed by atoms with E-state index < -0.39 is 0 Å². The maximum absolute atomic E-state index is 5.95. The molecule has 2 atom stereocenters. The fourth-order valence-corrected chi connectivity index (χ4v) is 3.12. The summed E-state index contributed by atoms with van der Waals surface area (Å²) < 4.78 is 0. The molecule has 1 fully saturated rings. The van der Waals surface area contributed by atoms with Gasteiger partial charge in [0.05, 0.1) is 0 Å². The molecule has 1 aromatic heterocycles. The Kier molecular flexibility index (Phi) is 4.59. The van der Waals surface area contributed by atoms with Crippen molar-refractivity contribution >= 4 is 5.82 Å². The second kappa shape index (κ2) is 6.19. The number of nitrogens with zero attached hydrogens (tertiary/aromatic N) is 2. The molecule has 0 bridgehead atoms. The van der Waals surface area contributed by atoms with Crippen molar-refractivity contribution in [2.75, 3.05) is 18.0 Å². The Hall–Kier alpha value is -1.09. The van der Waals surface area contributed by atoms with E-state index in [1.54, 1.807) is 0 Å². The Labute approximate surface area is 110 Å². The molecule has 3 nitrogen and oxygen atoms in total. The lowest BCUT2D eigenvalue weighted by molar-refractivity contribution is 0.299. The Bertz CT molecular complexity index is 378. The molecule has 1 heterocycles. The largest absolute Gasteiger partial charge is 0.354 e. The fourth-order valence-electron chi connectivity index (χ4n) is 3.12. The average Bonchev–Trinajstić information content (AvgIpc) is 2.40. The lowest BCUT2D eigenvalue weighted by atomic mass is 9.83. The van der Waals surface area contributed by atoms with E-state index in [-0.39, 0.29) is 0 Å². The number of hydrogen-bond donors (Lipinski definition) is 1. The zero-order valence-corrected chi connectivity index (χ0v) is 11.6. The van der Waals surface area contributed by atoms with Gasteiger partial charge in [-0.3, -0.25) is 0 Å². The highest BCUT2D eigenvalue weighted by Gasteiger charge is 2.29. The Morgan fingerprint density at radius 1 is 1.39 bits per heavy atom. The first-order valence-corrected chi connectivity index (χ1v) is 7.15. The summed E-state index contributed by atoms with van der Waals surface area (Å²) in [6.45, 7) is 6.15. The standard InChI is InChI=1S/C15H25N3/c1-3-18(15-10-12(2)8-9-17-15)14-7-5-4-6-13(14)11-16/h8-10,13-14H,3-7,11,16H2,1-2H3. The Morgan fingerprint density at radius 2 is 2.17 bits per heavy atom. The van der Waals surface area contributed by atoms with Gasteiger partial charge in [0.1, 0.15) is 5.82 Å². The molecular formula is C15H25N3. The van der Waals surface area contributed by atoms with Gasteiger partial charge in [0.25, 0.3) is 0 Å².